The van der Waals surface area contributed by atoms with Gasteiger partial charge in [0.1, 0.15) is 35.0 Å². The molecule has 0 aliphatic carbocycles. The molecule has 1 N–H and O–H groups in total. The van der Waals surface area contributed by atoms with Gasteiger partial charge < -0.3 is 43.0 Å². The number of aryl methyl sites for hydroxylation is 1. The average molecular weight is 687 g/mol. The largest absolute Gasteiger partial charge is 0.497 e. The molecule has 1 aliphatic rings. The Kier molecular flexibility index (Phi) is 15.2. The molecule has 2 aromatic rings. The van der Waals surface area contributed by atoms with E-state index in [9.17, 15) is 9.90 Å². The van der Waals surface area contributed by atoms with Crippen molar-refractivity contribution in [2.24, 2.45) is 0 Å². The second kappa shape index (κ2) is 18.6. The molecule has 4 atom stereocenters. The minimum Gasteiger partial charge on any atom is -0.497 e. The number of ether oxygens (including phenoxy) is 8. The lowest BCUT2D eigenvalue weighted by Crippen LogP contribution is -2.34. The second-order valence-corrected chi connectivity index (χ2v) is 19.2. The molecular formula is C37H54O10Si. The van der Waals surface area contributed by atoms with Crippen molar-refractivity contribution in [1.82, 2.24) is 0 Å². The van der Waals surface area contributed by atoms with E-state index in [0.717, 1.165) is 22.9 Å². The molecule has 0 amide bonds. The van der Waals surface area contributed by atoms with E-state index in [1.807, 2.05) is 51.1 Å². The number of benzene rings is 2. The summed E-state index contributed by atoms with van der Waals surface area (Å²) in [5.41, 5.74) is 2.13. The standard InChI is InChI=1S/C37H54O10Si/c1-26(44-24-27-16-18-29(41-5)19-17-27)12-10-14-31(38)35-32(46-37(2,3)47-35)15-11-13-28-22-30(42-6)23-33(45-25-40-4)34(28)36(39)43-20-21-48(7,8)9/h16-19,22-23,26,31-32,35,38H,11-13,15,20-21,24-25H2,1-9H3/t26-,31?,32+,35-/m1/s1. The molecule has 0 radical (unpaired) electrons. The second-order valence-electron chi connectivity index (χ2n) is 13.6. The predicted octanol–water partition coefficient (Wildman–Crippen LogP) is 6.38. The number of hydrogen-bond donors (Lipinski definition) is 1. The molecule has 11 heteroatoms. The smallest absolute Gasteiger partial charge is 0.342 e. The van der Waals surface area contributed by atoms with Gasteiger partial charge in [-0.1, -0.05) is 43.6 Å². The Bertz CT molecular complexity index is 1360. The zero-order valence-corrected chi connectivity index (χ0v) is 31.1. The Morgan fingerprint density at radius 3 is 2.40 bits per heavy atom. The fourth-order valence-corrected chi connectivity index (χ4v) is 5.92. The molecule has 1 fully saturated rings. The SMILES string of the molecule is COCOc1cc(OC)cc(CCC[C@@H]2OC(C)(C)O[C@@H]2C(O)C#CC[C@@H](C)OCc2ccc(OC)cc2)c1C(=O)OCC[Si](C)(C)C. The summed E-state index contributed by atoms with van der Waals surface area (Å²) in [5, 5.41) is 11.0. The Morgan fingerprint density at radius 1 is 1.04 bits per heavy atom. The van der Waals surface area contributed by atoms with Gasteiger partial charge >= 0.3 is 5.97 Å². The van der Waals surface area contributed by atoms with Crippen LogP contribution < -0.4 is 14.2 Å². The number of methoxy groups -OCH3 is 3. The zero-order valence-electron chi connectivity index (χ0n) is 30.1. The van der Waals surface area contributed by atoms with E-state index in [4.69, 9.17) is 37.9 Å². The molecule has 2 aromatic carbocycles. The molecule has 0 bridgehead atoms. The van der Waals surface area contributed by atoms with Gasteiger partial charge in [0.25, 0.3) is 0 Å². The van der Waals surface area contributed by atoms with Crippen LogP contribution in [0.4, 0.5) is 0 Å². The highest BCUT2D eigenvalue weighted by Gasteiger charge is 2.44. The summed E-state index contributed by atoms with van der Waals surface area (Å²) in [5.74, 6) is 6.38. The van der Waals surface area contributed by atoms with Crippen LogP contribution in [-0.4, -0.2) is 84.1 Å². The van der Waals surface area contributed by atoms with Crippen molar-refractivity contribution in [3.8, 4) is 29.1 Å². The maximum Gasteiger partial charge on any atom is 0.342 e. The fourth-order valence-electron chi connectivity index (χ4n) is 5.21. The van der Waals surface area contributed by atoms with Crippen molar-refractivity contribution in [2.75, 3.05) is 34.7 Å². The van der Waals surface area contributed by atoms with Gasteiger partial charge in [0, 0.05) is 27.7 Å². The van der Waals surface area contributed by atoms with Crippen LogP contribution in [0.3, 0.4) is 0 Å². The summed E-state index contributed by atoms with van der Waals surface area (Å²) in [6.45, 7) is 13.1. The minimum atomic E-state index is -1.40. The van der Waals surface area contributed by atoms with Crippen molar-refractivity contribution in [1.29, 1.82) is 0 Å². The van der Waals surface area contributed by atoms with Gasteiger partial charge in [0.05, 0.1) is 39.6 Å². The van der Waals surface area contributed by atoms with E-state index in [1.165, 1.54) is 7.11 Å². The third-order valence-electron chi connectivity index (χ3n) is 7.82. The third-order valence-corrected chi connectivity index (χ3v) is 9.52. The van der Waals surface area contributed by atoms with Gasteiger partial charge in [-0.3, -0.25) is 0 Å². The molecule has 1 heterocycles. The number of aliphatic hydroxyl groups excluding tert-OH is 1. The first kappa shape index (κ1) is 39.3. The van der Waals surface area contributed by atoms with Crippen molar-refractivity contribution < 1.29 is 47.8 Å². The van der Waals surface area contributed by atoms with Gasteiger partial charge in [-0.05, 0) is 75.4 Å². The van der Waals surface area contributed by atoms with Crippen molar-refractivity contribution in [3.63, 3.8) is 0 Å². The van der Waals surface area contributed by atoms with E-state index in [-0.39, 0.29) is 12.9 Å². The van der Waals surface area contributed by atoms with Crippen LogP contribution in [0.5, 0.6) is 17.2 Å². The molecule has 10 nitrogen and oxygen atoms in total. The molecule has 0 aromatic heterocycles. The van der Waals surface area contributed by atoms with E-state index >= 15 is 0 Å². The molecule has 0 saturated carbocycles. The highest BCUT2D eigenvalue weighted by Crippen LogP contribution is 2.35. The quantitative estimate of drug-likeness (QED) is 0.0821. The Morgan fingerprint density at radius 2 is 1.75 bits per heavy atom. The molecule has 48 heavy (non-hydrogen) atoms. The predicted molar refractivity (Wildman–Crippen MR) is 186 cm³/mol. The van der Waals surface area contributed by atoms with Gasteiger partial charge in [0.15, 0.2) is 12.6 Å². The van der Waals surface area contributed by atoms with Gasteiger partial charge in [-0.2, -0.15) is 0 Å². The molecule has 3 rings (SSSR count). The summed E-state index contributed by atoms with van der Waals surface area (Å²) in [6, 6.07) is 12.1. The lowest BCUT2D eigenvalue weighted by molar-refractivity contribution is -0.152. The van der Waals surface area contributed by atoms with Crippen LogP contribution in [0, 0.1) is 11.8 Å². The fraction of sp³-hybridized carbons (Fsp3) is 0.595. The first-order valence-electron chi connectivity index (χ1n) is 16.5. The monoisotopic (exact) mass is 686 g/mol. The van der Waals surface area contributed by atoms with Gasteiger partial charge in [-0.25, -0.2) is 4.79 Å². The number of rotatable bonds is 18. The van der Waals surface area contributed by atoms with E-state index in [1.54, 1.807) is 20.3 Å². The van der Waals surface area contributed by atoms with Crippen molar-refractivity contribution in [2.45, 2.75) is 109 Å². The Balaban J connectivity index is 1.65. The molecule has 1 unspecified atom stereocenters. The van der Waals surface area contributed by atoms with Gasteiger partial charge in [-0.15, -0.1) is 0 Å². The van der Waals surface area contributed by atoms with E-state index in [0.29, 0.717) is 56.0 Å². The number of esters is 1. The van der Waals surface area contributed by atoms with Crippen LogP contribution in [0.1, 0.15) is 61.5 Å². The van der Waals surface area contributed by atoms with Crippen molar-refractivity contribution >= 4 is 14.0 Å². The summed E-state index contributed by atoms with van der Waals surface area (Å²) in [6.07, 6.45) is -0.0707. The number of hydrogen-bond acceptors (Lipinski definition) is 10. The highest BCUT2D eigenvalue weighted by atomic mass is 28.3. The maximum absolute atomic E-state index is 13.4. The Hall–Kier alpha value is -3.11. The normalized spacial score (nSPS) is 18.4. The molecule has 1 aliphatic heterocycles. The van der Waals surface area contributed by atoms with Crippen LogP contribution in [0.2, 0.25) is 25.7 Å². The Labute approximate surface area is 287 Å². The number of carbonyl (C=O) groups excluding carboxylic acids is 1. The van der Waals surface area contributed by atoms with Crippen LogP contribution >= 0.6 is 0 Å². The zero-order chi connectivity index (χ0) is 35.3. The lowest BCUT2D eigenvalue weighted by Gasteiger charge is -2.20. The van der Waals surface area contributed by atoms with Crippen LogP contribution in [0.25, 0.3) is 0 Å². The molecule has 1 saturated heterocycles. The van der Waals surface area contributed by atoms with Crippen LogP contribution in [0.15, 0.2) is 36.4 Å². The molecule has 0 spiro atoms. The van der Waals surface area contributed by atoms with Gasteiger partial charge in [0.2, 0.25) is 0 Å². The summed E-state index contributed by atoms with van der Waals surface area (Å²) in [7, 11) is 3.32. The van der Waals surface area contributed by atoms with Crippen molar-refractivity contribution in [3.05, 3.63) is 53.1 Å². The number of aliphatic hydroxyl groups is 1. The first-order valence-corrected chi connectivity index (χ1v) is 20.2. The third kappa shape index (κ3) is 12.7. The summed E-state index contributed by atoms with van der Waals surface area (Å²) in [4.78, 5) is 13.4. The summed E-state index contributed by atoms with van der Waals surface area (Å²) >= 11 is 0. The highest BCUT2D eigenvalue weighted by molar-refractivity contribution is 6.76. The van der Waals surface area contributed by atoms with E-state index in [2.05, 4.69) is 31.5 Å². The molecular weight excluding hydrogens is 632 g/mol. The van der Waals surface area contributed by atoms with E-state index < -0.39 is 38.1 Å². The number of carbonyl (C=O) groups is 1. The van der Waals surface area contributed by atoms with Crippen LogP contribution in [-0.2, 0) is 36.7 Å². The maximum atomic E-state index is 13.4. The average Bonchev–Trinajstić information content (AvgIpc) is 3.35. The molecule has 266 valence electrons. The summed E-state index contributed by atoms with van der Waals surface area (Å²) < 4.78 is 45.6. The minimum absolute atomic E-state index is 0.0295. The first-order chi connectivity index (χ1) is 22.7. The lowest BCUT2D eigenvalue weighted by atomic mass is 9.97. The topological polar surface area (TPSA) is 111 Å².